The standard InChI is InChI=1S/C21H18FN3O2/c1-25-18(14-7-9-15(22)10-8-14)11-12-19(25)21(26)24-17(13-23)16-5-3-4-6-20(16)27-2/h3-12,17H,1-2H3,(H,24,26)/t17-/m1/s1. The van der Waals surface area contributed by atoms with Crippen LogP contribution in [0.2, 0.25) is 0 Å². The highest BCUT2D eigenvalue weighted by atomic mass is 19.1. The number of methoxy groups -OCH3 is 1. The molecule has 1 amide bonds. The van der Waals surface area contributed by atoms with Crippen LogP contribution in [0, 0.1) is 17.1 Å². The molecule has 0 aliphatic rings. The van der Waals surface area contributed by atoms with Gasteiger partial charge in [-0.05, 0) is 48.0 Å². The topological polar surface area (TPSA) is 67.0 Å². The molecule has 6 heteroatoms. The van der Waals surface area contributed by atoms with Crippen molar-refractivity contribution in [3.8, 4) is 23.1 Å². The normalized spacial score (nSPS) is 11.5. The van der Waals surface area contributed by atoms with Crippen LogP contribution >= 0.6 is 0 Å². The van der Waals surface area contributed by atoms with Crippen molar-refractivity contribution >= 4 is 5.91 Å². The molecule has 0 bridgehead atoms. The van der Waals surface area contributed by atoms with Crippen molar-refractivity contribution in [1.82, 2.24) is 9.88 Å². The maximum atomic E-state index is 13.1. The third-order valence-electron chi connectivity index (χ3n) is 4.35. The van der Waals surface area contributed by atoms with Crippen LogP contribution < -0.4 is 10.1 Å². The molecule has 0 fully saturated rings. The van der Waals surface area contributed by atoms with Gasteiger partial charge < -0.3 is 14.6 Å². The largest absolute Gasteiger partial charge is 0.496 e. The Kier molecular flexibility index (Phi) is 5.23. The highest BCUT2D eigenvalue weighted by Gasteiger charge is 2.21. The van der Waals surface area contributed by atoms with Crippen LogP contribution in [-0.2, 0) is 7.05 Å². The van der Waals surface area contributed by atoms with E-state index in [4.69, 9.17) is 4.74 Å². The second-order valence-corrected chi connectivity index (χ2v) is 5.95. The molecule has 0 unspecified atom stereocenters. The van der Waals surface area contributed by atoms with Crippen molar-refractivity contribution in [1.29, 1.82) is 5.26 Å². The van der Waals surface area contributed by atoms with Gasteiger partial charge in [-0.2, -0.15) is 5.26 Å². The Hall–Kier alpha value is -3.59. The molecule has 1 heterocycles. The Bertz CT molecular complexity index is 1000. The summed E-state index contributed by atoms with van der Waals surface area (Å²) in [5, 5.41) is 12.2. The number of carbonyl (C=O) groups excluding carboxylic acids is 1. The molecule has 0 saturated heterocycles. The molecule has 27 heavy (non-hydrogen) atoms. The maximum Gasteiger partial charge on any atom is 0.269 e. The third-order valence-corrected chi connectivity index (χ3v) is 4.35. The second kappa shape index (κ2) is 7.75. The van der Waals surface area contributed by atoms with Gasteiger partial charge in [0.15, 0.2) is 0 Å². The lowest BCUT2D eigenvalue weighted by Gasteiger charge is -2.15. The summed E-state index contributed by atoms with van der Waals surface area (Å²) in [6.07, 6.45) is 0. The van der Waals surface area contributed by atoms with Crippen molar-refractivity contribution in [3.05, 3.63) is 77.7 Å². The summed E-state index contributed by atoms with van der Waals surface area (Å²) in [5.74, 6) is -0.175. The smallest absolute Gasteiger partial charge is 0.269 e. The molecule has 3 aromatic rings. The van der Waals surface area contributed by atoms with Gasteiger partial charge in [-0.3, -0.25) is 4.79 Å². The van der Waals surface area contributed by atoms with E-state index in [0.29, 0.717) is 17.0 Å². The number of benzene rings is 2. The fraction of sp³-hybridized carbons (Fsp3) is 0.143. The number of nitrogens with zero attached hydrogens (tertiary/aromatic N) is 2. The minimum Gasteiger partial charge on any atom is -0.496 e. The lowest BCUT2D eigenvalue weighted by molar-refractivity contribution is 0.0937. The van der Waals surface area contributed by atoms with Crippen LogP contribution in [0.1, 0.15) is 22.1 Å². The summed E-state index contributed by atoms with van der Waals surface area (Å²) in [6, 6.07) is 17.8. The fourth-order valence-corrected chi connectivity index (χ4v) is 2.94. The van der Waals surface area contributed by atoms with Gasteiger partial charge in [0.2, 0.25) is 0 Å². The highest BCUT2D eigenvalue weighted by Crippen LogP contribution is 2.26. The summed E-state index contributed by atoms with van der Waals surface area (Å²) in [6.45, 7) is 0. The van der Waals surface area contributed by atoms with E-state index in [2.05, 4.69) is 11.4 Å². The zero-order chi connectivity index (χ0) is 19.4. The molecule has 1 aromatic heterocycles. The molecule has 0 aliphatic heterocycles. The quantitative estimate of drug-likeness (QED) is 0.749. The Labute approximate surface area is 156 Å². The van der Waals surface area contributed by atoms with Gasteiger partial charge in [0.1, 0.15) is 23.3 Å². The monoisotopic (exact) mass is 363 g/mol. The first-order valence-electron chi connectivity index (χ1n) is 8.30. The van der Waals surface area contributed by atoms with Crippen LogP contribution in [0.3, 0.4) is 0 Å². The van der Waals surface area contributed by atoms with Crippen LogP contribution in [0.15, 0.2) is 60.7 Å². The van der Waals surface area contributed by atoms with Gasteiger partial charge in [0, 0.05) is 18.3 Å². The predicted molar refractivity (Wildman–Crippen MR) is 99.6 cm³/mol. The van der Waals surface area contributed by atoms with Gasteiger partial charge in [0.25, 0.3) is 5.91 Å². The summed E-state index contributed by atoms with van der Waals surface area (Å²) >= 11 is 0. The number of amides is 1. The van der Waals surface area contributed by atoms with Gasteiger partial charge in [-0.1, -0.05) is 18.2 Å². The average molecular weight is 363 g/mol. The van der Waals surface area contributed by atoms with Crippen LogP contribution in [0.25, 0.3) is 11.3 Å². The molecular weight excluding hydrogens is 345 g/mol. The van der Waals surface area contributed by atoms with Gasteiger partial charge in [0.05, 0.1) is 13.2 Å². The van der Waals surface area contributed by atoms with Crippen molar-refractivity contribution < 1.29 is 13.9 Å². The zero-order valence-corrected chi connectivity index (χ0v) is 14.9. The van der Waals surface area contributed by atoms with Crippen molar-refractivity contribution in [2.45, 2.75) is 6.04 Å². The average Bonchev–Trinajstić information content (AvgIpc) is 3.08. The molecular formula is C21H18FN3O2. The Balaban J connectivity index is 1.86. The van der Waals surface area contributed by atoms with Crippen molar-refractivity contribution in [2.75, 3.05) is 7.11 Å². The Morgan fingerprint density at radius 2 is 1.85 bits per heavy atom. The first-order valence-corrected chi connectivity index (χ1v) is 8.30. The first-order chi connectivity index (χ1) is 13.0. The number of rotatable bonds is 5. The van der Waals surface area contributed by atoms with Crippen LogP contribution in [0.5, 0.6) is 5.75 Å². The van der Waals surface area contributed by atoms with Crippen molar-refractivity contribution in [2.24, 2.45) is 7.05 Å². The molecule has 0 aliphatic carbocycles. The lowest BCUT2D eigenvalue weighted by atomic mass is 10.1. The van der Waals surface area contributed by atoms with E-state index in [1.165, 1.54) is 19.2 Å². The number of hydrogen-bond donors (Lipinski definition) is 1. The molecule has 0 radical (unpaired) electrons. The molecule has 3 rings (SSSR count). The number of carbonyl (C=O) groups is 1. The summed E-state index contributed by atoms with van der Waals surface area (Å²) in [5.41, 5.74) is 2.54. The lowest BCUT2D eigenvalue weighted by Crippen LogP contribution is -2.29. The number of nitriles is 1. The fourth-order valence-electron chi connectivity index (χ4n) is 2.94. The van der Waals surface area contributed by atoms with Crippen LogP contribution in [0.4, 0.5) is 4.39 Å². The third kappa shape index (κ3) is 3.67. The number of para-hydroxylation sites is 1. The van der Waals surface area contributed by atoms with Crippen molar-refractivity contribution in [3.63, 3.8) is 0 Å². The highest BCUT2D eigenvalue weighted by molar-refractivity contribution is 5.94. The van der Waals surface area contributed by atoms with E-state index in [0.717, 1.165) is 11.3 Å². The summed E-state index contributed by atoms with van der Waals surface area (Å²) in [4.78, 5) is 12.7. The second-order valence-electron chi connectivity index (χ2n) is 5.95. The molecule has 5 nitrogen and oxygen atoms in total. The summed E-state index contributed by atoms with van der Waals surface area (Å²) < 4.78 is 20.1. The molecule has 136 valence electrons. The molecule has 0 saturated carbocycles. The summed E-state index contributed by atoms with van der Waals surface area (Å²) in [7, 11) is 3.26. The zero-order valence-electron chi connectivity index (χ0n) is 14.9. The van der Waals surface area contributed by atoms with E-state index >= 15 is 0 Å². The van der Waals surface area contributed by atoms with E-state index in [9.17, 15) is 14.4 Å². The molecule has 1 atom stereocenters. The van der Waals surface area contributed by atoms with E-state index in [-0.39, 0.29) is 11.7 Å². The Morgan fingerprint density at radius 3 is 2.52 bits per heavy atom. The first kappa shape index (κ1) is 18.2. The van der Waals surface area contributed by atoms with E-state index in [1.807, 2.05) is 0 Å². The predicted octanol–water partition coefficient (Wildman–Crippen LogP) is 3.83. The number of hydrogen-bond acceptors (Lipinski definition) is 3. The van der Waals surface area contributed by atoms with Gasteiger partial charge >= 0.3 is 0 Å². The molecule has 1 N–H and O–H groups in total. The Morgan fingerprint density at radius 1 is 1.15 bits per heavy atom. The van der Waals surface area contributed by atoms with E-state index in [1.54, 1.807) is 60.1 Å². The maximum absolute atomic E-state index is 13.1. The molecule has 2 aromatic carbocycles. The number of ether oxygens (including phenoxy) is 1. The minimum absolute atomic E-state index is 0.320. The minimum atomic E-state index is -0.849. The number of nitrogens with one attached hydrogen (secondary N) is 1. The SMILES string of the molecule is COc1ccccc1[C@@H](C#N)NC(=O)c1ccc(-c2ccc(F)cc2)n1C. The van der Waals surface area contributed by atoms with E-state index < -0.39 is 6.04 Å². The van der Waals surface area contributed by atoms with Gasteiger partial charge in [-0.15, -0.1) is 0 Å². The molecule has 0 spiro atoms. The van der Waals surface area contributed by atoms with Gasteiger partial charge in [-0.25, -0.2) is 4.39 Å². The number of halogens is 1. The number of aromatic nitrogens is 1. The van der Waals surface area contributed by atoms with Crippen LogP contribution in [-0.4, -0.2) is 17.6 Å².